The smallest absolute Gasteiger partial charge is 0.264 e. The Labute approximate surface area is 140 Å². The largest absolute Gasteiger partial charge is 0.467 e. The lowest BCUT2D eigenvalue weighted by Crippen LogP contribution is -2.03. The maximum atomic E-state index is 10.8. The molecule has 0 aliphatic carbocycles. The minimum atomic E-state index is -3.29. The Bertz CT molecular complexity index is 528. The van der Waals surface area contributed by atoms with Crippen molar-refractivity contribution in [1.29, 1.82) is 0 Å². The number of benzene rings is 1. The van der Waals surface area contributed by atoms with E-state index in [1.54, 1.807) is 7.11 Å². The standard InChI is InChI=1S/C17H28O5S/c1-20-15-21-17-13-9-8-12-16(17)11-7-5-3-4-6-10-14-22-23(2,18)19/h8-9,12-13H,3-7,10-11,14-15H2,1-2H3. The molecule has 0 unspecified atom stereocenters. The molecular formula is C17H28O5S. The van der Waals surface area contributed by atoms with E-state index in [1.807, 2.05) is 18.2 Å². The van der Waals surface area contributed by atoms with Gasteiger partial charge in [-0.05, 0) is 30.9 Å². The van der Waals surface area contributed by atoms with Gasteiger partial charge >= 0.3 is 0 Å². The van der Waals surface area contributed by atoms with Gasteiger partial charge in [0.15, 0.2) is 6.79 Å². The molecule has 0 bridgehead atoms. The van der Waals surface area contributed by atoms with E-state index in [2.05, 4.69) is 6.07 Å². The van der Waals surface area contributed by atoms with E-state index in [9.17, 15) is 8.42 Å². The predicted octanol–water partition coefficient (Wildman–Crippen LogP) is 3.53. The maximum absolute atomic E-state index is 10.8. The van der Waals surface area contributed by atoms with Gasteiger partial charge in [0, 0.05) is 7.11 Å². The summed E-state index contributed by atoms with van der Waals surface area (Å²) in [5, 5.41) is 0. The third-order valence-corrected chi connectivity index (χ3v) is 4.04. The van der Waals surface area contributed by atoms with Gasteiger partial charge in [-0.2, -0.15) is 8.42 Å². The molecular weight excluding hydrogens is 316 g/mol. The van der Waals surface area contributed by atoms with Crippen molar-refractivity contribution in [3.8, 4) is 5.75 Å². The summed E-state index contributed by atoms with van der Waals surface area (Å²) in [6.45, 7) is 0.565. The lowest BCUT2D eigenvalue weighted by Gasteiger charge is -2.10. The highest BCUT2D eigenvalue weighted by molar-refractivity contribution is 7.85. The molecule has 0 saturated carbocycles. The highest BCUT2D eigenvalue weighted by atomic mass is 32.2. The van der Waals surface area contributed by atoms with E-state index in [0.717, 1.165) is 57.0 Å². The van der Waals surface area contributed by atoms with Gasteiger partial charge < -0.3 is 9.47 Å². The molecule has 0 radical (unpaired) electrons. The van der Waals surface area contributed by atoms with Crippen molar-refractivity contribution >= 4 is 10.1 Å². The molecule has 0 saturated heterocycles. The maximum Gasteiger partial charge on any atom is 0.264 e. The van der Waals surface area contributed by atoms with Gasteiger partial charge in [-0.1, -0.05) is 43.9 Å². The van der Waals surface area contributed by atoms with Gasteiger partial charge in [0.2, 0.25) is 0 Å². The quantitative estimate of drug-likeness (QED) is 0.311. The minimum absolute atomic E-state index is 0.270. The van der Waals surface area contributed by atoms with Crippen LogP contribution in [-0.2, 0) is 25.5 Å². The third kappa shape index (κ3) is 10.3. The molecule has 1 aromatic carbocycles. The Morgan fingerprint density at radius 1 is 0.957 bits per heavy atom. The van der Waals surface area contributed by atoms with Crippen LogP contribution in [0.1, 0.15) is 44.1 Å². The summed E-state index contributed by atoms with van der Waals surface area (Å²) in [5.41, 5.74) is 1.21. The van der Waals surface area contributed by atoms with Crippen LogP contribution in [0.15, 0.2) is 24.3 Å². The molecule has 0 heterocycles. The highest BCUT2D eigenvalue weighted by Gasteiger charge is 2.03. The molecule has 1 rings (SSSR count). The number of ether oxygens (including phenoxy) is 2. The molecule has 0 fully saturated rings. The first-order valence-electron chi connectivity index (χ1n) is 8.07. The average molecular weight is 344 g/mol. The summed E-state index contributed by atoms with van der Waals surface area (Å²) in [6, 6.07) is 8.05. The van der Waals surface area contributed by atoms with Crippen LogP contribution >= 0.6 is 0 Å². The van der Waals surface area contributed by atoms with Gasteiger partial charge in [0.05, 0.1) is 12.9 Å². The highest BCUT2D eigenvalue weighted by Crippen LogP contribution is 2.20. The number of rotatable bonds is 13. The third-order valence-electron chi connectivity index (χ3n) is 3.44. The van der Waals surface area contributed by atoms with Gasteiger partial charge in [0.1, 0.15) is 5.75 Å². The average Bonchev–Trinajstić information content (AvgIpc) is 2.51. The first kappa shape index (κ1) is 19.9. The second-order valence-electron chi connectivity index (χ2n) is 5.56. The molecule has 5 nitrogen and oxygen atoms in total. The normalized spacial score (nSPS) is 11.6. The van der Waals surface area contributed by atoms with Crippen LogP contribution in [0.2, 0.25) is 0 Å². The van der Waals surface area contributed by atoms with E-state index in [1.165, 1.54) is 5.56 Å². The Hall–Kier alpha value is -1.11. The number of hydrogen-bond acceptors (Lipinski definition) is 5. The Morgan fingerprint density at radius 3 is 2.30 bits per heavy atom. The Kier molecular flexibility index (Phi) is 9.91. The van der Waals surface area contributed by atoms with Gasteiger partial charge in [-0.3, -0.25) is 4.18 Å². The van der Waals surface area contributed by atoms with Crippen molar-refractivity contribution in [1.82, 2.24) is 0 Å². The molecule has 0 aliphatic heterocycles. The summed E-state index contributed by atoms with van der Waals surface area (Å²) >= 11 is 0. The summed E-state index contributed by atoms with van der Waals surface area (Å²) in [5.74, 6) is 0.896. The molecule has 0 aromatic heterocycles. The van der Waals surface area contributed by atoms with Crippen LogP contribution in [0.25, 0.3) is 0 Å². The number of methoxy groups -OCH3 is 1. The zero-order chi connectivity index (χ0) is 17.0. The molecule has 0 spiro atoms. The van der Waals surface area contributed by atoms with E-state index in [4.69, 9.17) is 13.7 Å². The van der Waals surface area contributed by atoms with Crippen LogP contribution in [-0.4, -0.2) is 35.2 Å². The van der Waals surface area contributed by atoms with E-state index in [-0.39, 0.29) is 6.79 Å². The Balaban J connectivity index is 2.09. The number of para-hydroxylation sites is 1. The zero-order valence-corrected chi connectivity index (χ0v) is 14.9. The van der Waals surface area contributed by atoms with Crippen molar-refractivity contribution in [2.24, 2.45) is 0 Å². The molecule has 0 atom stereocenters. The monoisotopic (exact) mass is 344 g/mol. The molecule has 0 aliphatic rings. The Morgan fingerprint density at radius 2 is 1.61 bits per heavy atom. The summed E-state index contributed by atoms with van der Waals surface area (Å²) in [6.07, 6.45) is 8.41. The fourth-order valence-electron chi connectivity index (χ4n) is 2.31. The van der Waals surface area contributed by atoms with Crippen LogP contribution in [0, 0.1) is 0 Å². The van der Waals surface area contributed by atoms with E-state index >= 15 is 0 Å². The number of unbranched alkanes of at least 4 members (excludes halogenated alkanes) is 5. The molecule has 6 heteroatoms. The topological polar surface area (TPSA) is 61.8 Å². The van der Waals surface area contributed by atoms with Crippen molar-refractivity contribution in [2.75, 3.05) is 26.8 Å². The van der Waals surface area contributed by atoms with Crippen molar-refractivity contribution in [3.05, 3.63) is 29.8 Å². The zero-order valence-electron chi connectivity index (χ0n) is 14.1. The van der Waals surface area contributed by atoms with Crippen LogP contribution < -0.4 is 4.74 Å². The molecule has 132 valence electrons. The van der Waals surface area contributed by atoms with Crippen molar-refractivity contribution < 1.29 is 22.1 Å². The second-order valence-corrected chi connectivity index (χ2v) is 7.20. The first-order valence-corrected chi connectivity index (χ1v) is 9.88. The van der Waals surface area contributed by atoms with E-state index < -0.39 is 10.1 Å². The summed E-state index contributed by atoms with van der Waals surface area (Å²) in [7, 11) is -1.67. The number of hydrogen-bond donors (Lipinski definition) is 0. The lowest BCUT2D eigenvalue weighted by atomic mass is 10.0. The van der Waals surface area contributed by atoms with Gasteiger partial charge in [-0.25, -0.2) is 0 Å². The van der Waals surface area contributed by atoms with Crippen molar-refractivity contribution in [3.63, 3.8) is 0 Å². The SMILES string of the molecule is COCOc1ccccc1CCCCCCCCOS(C)(=O)=O. The minimum Gasteiger partial charge on any atom is -0.467 e. The van der Waals surface area contributed by atoms with Gasteiger partial charge in [-0.15, -0.1) is 0 Å². The molecule has 23 heavy (non-hydrogen) atoms. The van der Waals surface area contributed by atoms with Gasteiger partial charge in [0.25, 0.3) is 10.1 Å². The van der Waals surface area contributed by atoms with Crippen molar-refractivity contribution in [2.45, 2.75) is 44.9 Å². The first-order chi connectivity index (χ1) is 11.0. The van der Waals surface area contributed by atoms with E-state index in [0.29, 0.717) is 6.61 Å². The van der Waals surface area contributed by atoms with Crippen LogP contribution in [0.3, 0.4) is 0 Å². The fraction of sp³-hybridized carbons (Fsp3) is 0.647. The fourth-order valence-corrected chi connectivity index (χ4v) is 2.73. The second kappa shape index (κ2) is 11.4. The van der Waals surface area contributed by atoms with Crippen LogP contribution in [0.4, 0.5) is 0 Å². The molecule has 0 N–H and O–H groups in total. The lowest BCUT2D eigenvalue weighted by molar-refractivity contribution is 0.0504. The summed E-state index contributed by atoms with van der Waals surface area (Å²) < 4.78 is 36.8. The number of aryl methyl sites for hydroxylation is 1. The van der Waals surface area contributed by atoms with Crippen LogP contribution in [0.5, 0.6) is 5.75 Å². The predicted molar refractivity (Wildman–Crippen MR) is 91.1 cm³/mol. The molecule has 1 aromatic rings. The summed E-state index contributed by atoms with van der Waals surface area (Å²) in [4.78, 5) is 0. The molecule has 0 amide bonds.